The largest absolute Gasteiger partial charge is 0.496 e. The molecule has 0 aliphatic carbocycles. The molecule has 0 N–H and O–H groups in total. The quantitative estimate of drug-likeness (QED) is 0.441. The van der Waals surface area contributed by atoms with Crippen LogP contribution in [-0.4, -0.2) is 18.9 Å². The van der Waals surface area contributed by atoms with Gasteiger partial charge in [-0.25, -0.2) is 4.90 Å². The highest BCUT2D eigenvalue weighted by Gasteiger charge is 2.41. The summed E-state index contributed by atoms with van der Waals surface area (Å²) in [4.78, 5) is 28.8. The van der Waals surface area contributed by atoms with Gasteiger partial charge in [0.05, 0.1) is 23.3 Å². The van der Waals surface area contributed by atoms with E-state index in [0.29, 0.717) is 38.3 Å². The molecule has 0 unspecified atom stereocenters. The second kappa shape index (κ2) is 9.00. The third-order valence-corrected chi connectivity index (χ3v) is 6.44. The molecule has 0 spiro atoms. The van der Waals surface area contributed by atoms with Crippen LogP contribution in [0.1, 0.15) is 16.7 Å². The summed E-state index contributed by atoms with van der Waals surface area (Å²) >= 11 is 7.54. The highest BCUT2D eigenvalue weighted by Crippen LogP contribution is 2.43. The molecule has 31 heavy (non-hydrogen) atoms. The third kappa shape index (κ3) is 4.11. The van der Waals surface area contributed by atoms with Crippen molar-refractivity contribution in [3.05, 3.63) is 99.4 Å². The van der Waals surface area contributed by atoms with E-state index in [0.717, 1.165) is 11.1 Å². The zero-order valence-corrected chi connectivity index (χ0v) is 18.7. The Balaban J connectivity index is 1.82. The van der Waals surface area contributed by atoms with E-state index >= 15 is 0 Å². The number of benzene rings is 3. The molecule has 4 nitrogen and oxygen atoms in total. The fraction of sp³-hybridized carbons (Fsp3) is 0.120. The van der Waals surface area contributed by atoms with Crippen LogP contribution >= 0.6 is 23.4 Å². The summed E-state index contributed by atoms with van der Waals surface area (Å²) in [7, 11) is 1.55. The van der Waals surface area contributed by atoms with Crippen molar-refractivity contribution in [2.75, 3.05) is 12.0 Å². The van der Waals surface area contributed by atoms with Gasteiger partial charge < -0.3 is 4.74 Å². The topological polar surface area (TPSA) is 46.6 Å². The van der Waals surface area contributed by atoms with Gasteiger partial charge in [0.1, 0.15) is 5.75 Å². The Morgan fingerprint density at radius 2 is 1.65 bits per heavy atom. The molecule has 3 aromatic rings. The van der Waals surface area contributed by atoms with Crippen LogP contribution in [-0.2, 0) is 15.3 Å². The number of amides is 2. The standard InChI is InChI=1S/C25H20ClNO3S/c1-16-12-13-18(26)14-20(16)27-24(28)22(19-10-6-7-11-21(19)30-2)23(25(27)29)31-15-17-8-4-3-5-9-17/h3-14H,15H2,1-2H3. The minimum absolute atomic E-state index is 0.350. The van der Waals surface area contributed by atoms with E-state index in [2.05, 4.69) is 0 Å². The maximum absolute atomic E-state index is 13.6. The molecular weight excluding hydrogens is 430 g/mol. The maximum Gasteiger partial charge on any atom is 0.272 e. The van der Waals surface area contributed by atoms with Gasteiger partial charge in [-0.05, 0) is 36.2 Å². The molecule has 0 aromatic heterocycles. The first-order chi connectivity index (χ1) is 15.0. The lowest BCUT2D eigenvalue weighted by molar-refractivity contribution is -0.119. The summed E-state index contributed by atoms with van der Waals surface area (Å²) in [5, 5.41) is 0.463. The Bertz CT molecular complexity index is 1190. The van der Waals surface area contributed by atoms with Gasteiger partial charge in [0.2, 0.25) is 0 Å². The van der Waals surface area contributed by atoms with Crippen molar-refractivity contribution in [1.29, 1.82) is 0 Å². The SMILES string of the molecule is COc1ccccc1C1=C(SCc2ccccc2)C(=O)N(c2cc(Cl)ccc2C)C1=O. The molecule has 1 heterocycles. The van der Waals surface area contributed by atoms with Crippen LogP contribution in [0.3, 0.4) is 0 Å². The zero-order chi connectivity index (χ0) is 22.0. The van der Waals surface area contributed by atoms with E-state index in [1.807, 2.05) is 49.4 Å². The Labute approximate surface area is 190 Å². The monoisotopic (exact) mass is 449 g/mol. The maximum atomic E-state index is 13.6. The number of aryl methyl sites for hydroxylation is 1. The van der Waals surface area contributed by atoms with Gasteiger partial charge in [0.25, 0.3) is 11.8 Å². The Kier molecular flexibility index (Phi) is 6.16. The molecule has 3 aromatic carbocycles. The van der Waals surface area contributed by atoms with Gasteiger partial charge >= 0.3 is 0 Å². The molecule has 2 amide bonds. The number of carbonyl (C=O) groups is 2. The van der Waals surface area contributed by atoms with Crippen molar-refractivity contribution < 1.29 is 14.3 Å². The smallest absolute Gasteiger partial charge is 0.272 e. The summed E-state index contributed by atoms with van der Waals surface area (Å²) in [6.45, 7) is 1.85. The number of ether oxygens (including phenoxy) is 1. The predicted molar refractivity (Wildman–Crippen MR) is 126 cm³/mol. The van der Waals surface area contributed by atoms with Crippen molar-refractivity contribution in [1.82, 2.24) is 0 Å². The normalized spacial score (nSPS) is 13.8. The average molecular weight is 450 g/mol. The molecular formula is C25H20ClNO3S. The van der Waals surface area contributed by atoms with E-state index in [4.69, 9.17) is 16.3 Å². The van der Waals surface area contributed by atoms with Crippen LogP contribution in [0.25, 0.3) is 5.57 Å². The van der Waals surface area contributed by atoms with Crippen LogP contribution in [0, 0.1) is 6.92 Å². The number of methoxy groups -OCH3 is 1. The second-order valence-corrected chi connectivity index (χ2v) is 8.48. The van der Waals surface area contributed by atoms with Gasteiger partial charge in [-0.15, -0.1) is 11.8 Å². The van der Waals surface area contributed by atoms with Gasteiger partial charge in [-0.1, -0.05) is 66.2 Å². The molecule has 0 saturated carbocycles. The third-order valence-electron chi connectivity index (χ3n) is 5.06. The number of imide groups is 1. The number of thioether (sulfide) groups is 1. The minimum atomic E-state index is -0.379. The Hall–Kier alpha value is -3.02. The van der Waals surface area contributed by atoms with E-state index < -0.39 is 0 Å². The second-order valence-electron chi connectivity index (χ2n) is 7.06. The Morgan fingerprint density at radius 1 is 0.935 bits per heavy atom. The van der Waals surface area contributed by atoms with Crippen molar-refractivity contribution >= 4 is 46.4 Å². The lowest BCUT2D eigenvalue weighted by Gasteiger charge is -2.18. The fourth-order valence-electron chi connectivity index (χ4n) is 3.50. The molecule has 6 heteroatoms. The lowest BCUT2D eigenvalue weighted by atomic mass is 10.0. The molecule has 4 rings (SSSR count). The summed E-state index contributed by atoms with van der Waals surface area (Å²) in [5.41, 5.74) is 3.30. The van der Waals surface area contributed by atoms with E-state index in [-0.39, 0.29) is 11.8 Å². The number of hydrogen-bond acceptors (Lipinski definition) is 4. The molecule has 0 atom stereocenters. The average Bonchev–Trinajstić information content (AvgIpc) is 3.03. The molecule has 156 valence electrons. The van der Waals surface area contributed by atoms with Crippen LogP contribution in [0.5, 0.6) is 5.75 Å². The number of rotatable bonds is 6. The number of para-hydroxylation sites is 1. The van der Waals surface area contributed by atoms with Gasteiger partial charge in [0, 0.05) is 16.3 Å². The number of halogens is 1. The summed E-state index contributed by atoms with van der Waals surface area (Å²) in [6.07, 6.45) is 0. The Morgan fingerprint density at radius 3 is 2.39 bits per heavy atom. The van der Waals surface area contributed by atoms with Crippen molar-refractivity contribution in [2.45, 2.75) is 12.7 Å². The first-order valence-electron chi connectivity index (χ1n) is 9.70. The van der Waals surface area contributed by atoms with Crippen LogP contribution in [0.4, 0.5) is 5.69 Å². The number of carbonyl (C=O) groups excluding carboxylic acids is 2. The number of anilines is 1. The van der Waals surface area contributed by atoms with E-state index in [1.54, 1.807) is 37.4 Å². The summed E-state index contributed by atoms with van der Waals surface area (Å²) < 4.78 is 5.49. The first kappa shape index (κ1) is 21.2. The van der Waals surface area contributed by atoms with E-state index in [1.165, 1.54) is 16.7 Å². The molecule has 0 bridgehead atoms. The molecule has 1 aliphatic heterocycles. The summed E-state index contributed by atoms with van der Waals surface area (Å²) in [5.74, 6) is 0.379. The zero-order valence-electron chi connectivity index (χ0n) is 17.1. The van der Waals surface area contributed by atoms with E-state index in [9.17, 15) is 9.59 Å². The van der Waals surface area contributed by atoms with Crippen LogP contribution in [0.2, 0.25) is 5.02 Å². The van der Waals surface area contributed by atoms with Gasteiger partial charge in [-0.2, -0.15) is 0 Å². The number of nitrogens with zero attached hydrogens (tertiary/aromatic N) is 1. The molecule has 0 radical (unpaired) electrons. The highest BCUT2D eigenvalue weighted by atomic mass is 35.5. The van der Waals surface area contributed by atoms with Crippen molar-refractivity contribution in [3.8, 4) is 5.75 Å². The van der Waals surface area contributed by atoms with Crippen LogP contribution in [0.15, 0.2) is 77.7 Å². The molecule has 1 aliphatic rings. The van der Waals surface area contributed by atoms with Crippen molar-refractivity contribution in [3.63, 3.8) is 0 Å². The van der Waals surface area contributed by atoms with Crippen LogP contribution < -0.4 is 9.64 Å². The predicted octanol–water partition coefficient (Wildman–Crippen LogP) is 5.87. The highest BCUT2D eigenvalue weighted by molar-refractivity contribution is 8.03. The molecule has 0 saturated heterocycles. The number of hydrogen-bond donors (Lipinski definition) is 0. The van der Waals surface area contributed by atoms with Crippen molar-refractivity contribution in [2.24, 2.45) is 0 Å². The minimum Gasteiger partial charge on any atom is -0.496 e. The van der Waals surface area contributed by atoms with Gasteiger partial charge in [-0.3, -0.25) is 9.59 Å². The fourth-order valence-corrected chi connectivity index (χ4v) is 4.73. The molecule has 0 fully saturated rings. The van der Waals surface area contributed by atoms with Gasteiger partial charge in [0.15, 0.2) is 0 Å². The lowest BCUT2D eigenvalue weighted by Crippen LogP contribution is -2.32. The summed E-state index contributed by atoms with van der Waals surface area (Å²) in [6, 6.07) is 22.3. The first-order valence-corrected chi connectivity index (χ1v) is 11.1.